The number of unbranched alkanes of at least 4 members (excludes halogenated alkanes) is 1. The van der Waals surface area contributed by atoms with E-state index in [9.17, 15) is 19.5 Å². The number of likely N-dealkylation sites (tertiary alicyclic amines) is 1. The Balaban J connectivity index is 1.61. The summed E-state index contributed by atoms with van der Waals surface area (Å²) in [6, 6.07) is 6.32. The average Bonchev–Trinajstić information content (AvgIpc) is 3.19. The number of thioether (sulfide) groups is 1. The van der Waals surface area contributed by atoms with Crippen molar-refractivity contribution in [2.24, 2.45) is 11.8 Å². The number of aliphatic hydroxyl groups is 1. The van der Waals surface area contributed by atoms with E-state index in [0.717, 1.165) is 12.8 Å². The maximum Gasteiger partial charge on any atom is 0.311 e. The van der Waals surface area contributed by atoms with Crippen molar-refractivity contribution in [3.63, 3.8) is 0 Å². The van der Waals surface area contributed by atoms with Crippen molar-refractivity contribution >= 4 is 46.8 Å². The summed E-state index contributed by atoms with van der Waals surface area (Å²) in [6.45, 7) is 3.01. The van der Waals surface area contributed by atoms with Crippen LogP contribution in [-0.2, 0) is 19.1 Å². The molecule has 2 saturated heterocycles. The zero-order valence-electron chi connectivity index (χ0n) is 20.3. The zero-order chi connectivity index (χ0) is 25.5. The Labute approximate surface area is 220 Å². The van der Waals surface area contributed by atoms with Gasteiger partial charge in [0.1, 0.15) is 6.04 Å². The second-order valence-corrected chi connectivity index (χ2v) is 12.2. The third-order valence-corrected chi connectivity index (χ3v) is 9.74. The van der Waals surface area contributed by atoms with E-state index in [1.165, 1.54) is 0 Å². The molecule has 0 aromatic heterocycles. The van der Waals surface area contributed by atoms with Crippen molar-refractivity contribution in [2.45, 2.75) is 48.1 Å². The minimum Gasteiger partial charge on any atom is -0.465 e. The van der Waals surface area contributed by atoms with E-state index in [-0.39, 0.29) is 24.4 Å². The van der Waals surface area contributed by atoms with Gasteiger partial charge in [-0.3, -0.25) is 14.4 Å². The van der Waals surface area contributed by atoms with Crippen molar-refractivity contribution in [1.82, 2.24) is 4.90 Å². The lowest BCUT2D eigenvalue weighted by Crippen LogP contribution is -2.53. The fourth-order valence-corrected chi connectivity index (χ4v) is 8.40. The number of carbonyl (C=O) groups is 3. The van der Waals surface area contributed by atoms with E-state index in [1.54, 1.807) is 45.8 Å². The fraction of sp³-hybridized carbons (Fsp3) is 0.519. The molecule has 1 aromatic carbocycles. The van der Waals surface area contributed by atoms with E-state index in [4.69, 9.17) is 16.3 Å². The lowest BCUT2D eigenvalue weighted by Gasteiger charge is -2.37. The van der Waals surface area contributed by atoms with Crippen LogP contribution in [0.15, 0.2) is 48.6 Å². The van der Waals surface area contributed by atoms with Gasteiger partial charge in [0.2, 0.25) is 5.91 Å². The molecule has 2 amide bonds. The van der Waals surface area contributed by atoms with Crippen molar-refractivity contribution in [2.75, 3.05) is 31.2 Å². The summed E-state index contributed by atoms with van der Waals surface area (Å²) >= 11 is 7.63. The minimum absolute atomic E-state index is 0.0125. The van der Waals surface area contributed by atoms with Crippen LogP contribution >= 0.6 is 23.4 Å². The molecule has 192 valence electrons. The van der Waals surface area contributed by atoms with Gasteiger partial charge in [0.25, 0.3) is 5.91 Å². The number of hydrogen-bond donors (Lipinski definition) is 1. The van der Waals surface area contributed by atoms with Gasteiger partial charge in [-0.15, -0.1) is 11.8 Å². The molecule has 1 aromatic rings. The van der Waals surface area contributed by atoms with Crippen LogP contribution in [0, 0.1) is 11.8 Å². The minimum atomic E-state index is -0.906. The van der Waals surface area contributed by atoms with Gasteiger partial charge in [0, 0.05) is 35.2 Å². The van der Waals surface area contributed by atoms with Crippen LogP contribution in [0.4, 0.5) is 5.69 Å². The average molecular weight is 531 g/mol. The summed E-state index contributed by atoms with van der Waals surface area (Å²) in [5.41, 5.74) is 0.702. The van der Waals surface area contributed by atoms with E-state index >= 15 is 0 Å². The lowest BCUT2D eigenvalue weighted by atomic mass is 9.74. The Bertz CT molecular complexity index is 1110. The Kier molecular flexibility index (Phi) is 6.96. The molecule has 4 aliphatic heterocycles. The second kappa shape index (κ2) is 9.88. The molecule has 5 atom stereocenters. The van der Waals surface area contributed by atoms with Gasteiger partial charge in [0.05, 0.1) is 23.2 Å². The molecule has 1 N–H and O–H groups in total. The van der Waals surface area contributed by atoms with Gasteiger partial charge in [0.15, 0.2) is 0 Å². The third kappa shape index (κ3) is 4.07. The highest BCUT2D eigenvalue weighted by molar-refractivity contribution is 8.02. The number of fused-ring (bicyclic) bond motifs is 2. The molecule has 5 rings (SSSR count). The molecule has 0 aliphatic carbocycles. The highest BCUT2D eigenvalue weighted by Gasteiger charge is 2.73. The van der Waals surface area contributed by atoms with Crippen LogP contribution in [-0.4, -0.2) is 69.6 Å². The summed E-state index contributed by atoms with van der Waals surface area (Å²) < 4.78 is 4.05. The standard InChI is InChI=1S/C27H31ClN2O5S/c1-26-12-3-2-6-17-35-25(34)21(26)20-23(32)30(14-4-5-16-31)22-24(33)29(15-7-13-27(20,22)36-26)19-10-8-18(28)9-11-19/h3,7-13,20-22,31H,2,4-6,14-17H2,1H3/b12-3-/t20-,21-,22?,26+,27-/m0/s1. The number of aliphatic hydroxyl groups excluding tert-OH is 1. The predicted octanol–water partition coefficient (Wildman–Crippen LogP) is 3.60. The Morgan fingerprint density at radius 1 is 1.08 bits per heavy atom. The maximum atomic E-state index is 14.3. The van der Waals surface area contributed by atoms with Gasteiger partial charge < -0.3 is 19.6 Å². The lowest BCUT2D eigenvalue weighted by molar-refractivity contribution is -0.154. The molecule has 4 aliphatic rings. The number of rotatable bonds is 5. The summed E-state index contributed by atoms with van der Waals surface area (Å²) in [6.07, 6.45) is 10.7. The van der Waals surface area contributed by atoms with Crippen LogP contribution in [0.2, 0.25) is 5.02 Å². The first-order valence-corrected chi connectivity index (χ1v) is 13.7. The largest absolute Gasteiger partial charge is 0.465 e. The predicted molar refractivity (Wildman–Crippen MR) is 140 cm³/mol. The van der Waals surface area contributed by atoms with E-state index < -0.39 is 27.4 Å². The Hall–Kier alpha value is -2.29. The highest BCUT2D eigenvalue weighted by Crippen LogP contribution is 2.65. The SMILES string of the molecule is C[C@@]12/C=C\CCCOC(=O)[C@@H]1[C@H]1C(=O)N(CCCCO)C3C(=O)N(c4ccc(Cl)cc4)CC=C[C@@]31S2. The Morgan fingerprint density at radius 3 is 2.61 bits per heavy atom. The first kappa shape index (κ1) is 25.4. The number of carbonyl (C=O) groups excluding carboxylic acids is 3. The number of allylic oxidation sites excluding steroid dienone is 1. The first-order chi connectivity index (χ1) is 17.3. The quantitative estimate of drug-likeness (QED) is 0.355. The summed E-state index contributed by atoms with van der Waals surface area (Å²) in [5.74, 6) is -2.16. The maximum absolute atomic E-state index is 14.3. The monoisotopic (exact) mass is 530 g/mol. The van der Waals surface area contributed by atoms with Crippen LogP contribution in [0.5, 0.6) is 0 Å². The second-order valence-electron chi connectivity index (χ2n) is 10.00. The van der Waals surface area contributed by atoms with Crippen molar-refractivity contribution in [3.8, 4) is 0 Å². The highest BCUT2D eigenvalue weighted by atomic mass is 35.5. The molecule has 0 saturated carbocycles. The molecule has 2 fully saturated rings. The van der Waals surface area contributed by atoms with Crippen LogP contribution in [0.25, 0.3) is 0 Å². The summed E-state index contributed by atoms with van der Waals surface area (Å²) in [4.78, 5) is 45.1. The van der Waals surface area contributed by atoms with Crippen LogP contribution < -0.4 is 4.90 Å². The number of cyclic esters (lactones) is 1. The van der Waals surface area contributed by atoms with Gasteiger partial charge in [-0.2, -0.15) is 0 Å². The third-order valence-electron chi connectivity index (χ3n) is 7.70. The summed E-state index contributed by atoms with van der Waals surface area (Å²) in [7, 11) is 0. The van der Waals surface area contributed by atoms with Crippen molar-refractivity contribution in [3.05, 3.63) is 53.6 Å². The van der Waals surface area contributed by atoms with Gasteiger partial charge in [-0.1, -0.05) is 35.9 Å². The fourth-order valence-electron chi connectivity index (χ4n) is 6.12. The number of anilines is 1. The topological polar surface area (TPSA) is 87.1 Å². The van der Waals surface area contributed by atoms with E-state index in [0.29, 0.717) is 43.2 Å². The molecular formula is C27H31ClN2O5S. The van der Waals surface area contributed by atoms with Gasteiger partial charge >= 0.3 is 5.97 Å². The molecule has 1 spiro atoms. The summed E-state index contributed by atoms with van der Waals surface area (Å²) in [5, 5.41) is 9.92. The molecule has 7 nitrogen and oxygen atoms in total. The molecule has 0 bridgehead atoms. The number of benzene rings is 1. The first-order valence-electron chi connectivity index (χ1n) is 12.5. The van der Waals surface area contributed by atoms with Crippen molar-refractivity contribution in [1.29, 1.82) is 0 Å². The number of hydrogen-bond acceptors (Lipinski definition) is 6. The molecule has 1 unspecified atom stereocenters. The Morgan fingerprint density at radius 2 is 1.86 bits per heavy atom. The zero-order valence-corrected chi connectivity index (χ0v) is 21.8. The van der Waals surface area contributed by atoms with E-state index in [1.807, 2.05) is 25.2 Å². The number of halogens is 1. The number of amides is 2. The number of ether oxygens (including phenoxy) is 1. The van der Waals surface area contributed by atoms with Gasteiger partial charge in [-0.05, 0) is 56.9 Å². The van der Waals surface area contributed by atoms with Crippen LogP contribution in [0.1, 0.15) is 32.6 Å². The number of esters is 1. The molecule has 4 heterocycles. The normalized spacial score (nSPS) is 34.8. The van der Waals surface area contributed by atoms with Crippen molar-refractivity contribution < 1.29 is 24.2 Å². The number of nitrogens with zero attached hydrogens (tertiary/aromatic N) is 2. The van der Waals surface area contributed by atoms with Gasteiger partial charge in [-0.25, -0.2) is 0 Å². The molecule has 0 radical (unpaired) electrons. The molecular weight excluding hydrogens is 500 g/mol. The van der Waals surface area contributed by atoms with E-state index in [2.05, 4.69) is 6.08 Å². The van der Waals surface area contributed by atoms with Crippen LogP contribution in [0.3, 0.4) is 0 Å². The molecule has 36 heavy (non-hydrogen) atoms. The smallest absolute Gasteiger partial charge is 0.311 e. The molecule has 9 heteroatoms.